The van der Waals surface area contributed by atoms with E-state index in [1.165, 1.54) is 42.6 Å². The second kappa shape index (κ2) is 37.8. The first-order valence-electron chi connectivity index (χ1n) is 12.7. The van der Waals surface area contributed by atoms with Gasteiger partial charge in [-0.25, -0.2) is 25.3 Å². The van der Waals surface area contributed by atoms with Gasteiger partial charge in [-0.15, -0.1) is 6.42 Å². The van der Waals surface area contributed by atoms with E-state index >= 15 is 0 Å². The third kappa shape index (κ3) is 63.6. The molecule has 3 radical (unpaired) electrons. The normalized spacial score (nSPS) is 11.2. The van der Waals surface area contributed by atoms with Crippen molar-refractivity contribution in [2.75, 3.05) is 57.0 Å². The Morgan fingerprint density at radius 1 is 0.540 bits per heavy atom. The predicted molar refractivity (Wildman–Crippen MR) is 177 cm³/mol. The fourth-order valence-electron chi connectivity index (χ4n) is 0.750. The van der Waals surface area contributed by atoms with Gasteiger partial charge in [0.1, 0.15) is 0 Å². The van der Waals surface area contributed by atoms with Crippen LogP contribution in [-0.4, -0.2) is 119 Å². The molecule has 0 heterocycles. The van der Waals surface area contributed by atoms with Crippen molar-refractivity contribution in [1.82, 2.24) is 0 Å². The van der Waals surface area contributed by atoms with Crippen molar-refractivity contribution >= 4 is 69.5 Å². The summed E-state index contributed by atoms with van der Waals surface area (Å²) in [6.07, 6.45) is 12.8. The average molecular weight is 988 g/mol. The van der Waals surface area contributed by atoms with Gasteiger partial charge >= 0.3 is 25.1 Å². The van der Waals surface area contributed by atoms with Gasteiger partial charge in [-0.3, -0.25) is 4.79 Å². The van der Waals surface area contributed by atoms with Crippen molar-refractivity contribution in [3.63, 3.8) is 0 Å². The fourth-order valence-corrected chi connectivity index (χ4v) is 2.25. The summed E-state index contributed by atoms with van der Waals surface area (Å²) in [5, 5.41) is 0. The molecule has 0 bridgehead atoms. The fraction of sp³-hybridized carbons (Fsp3) is 0.857. The van der Waals surface area contributed by atoms with E-state index in [1.54, 1.807) is 0 Å². The molecule has 0 saturated heterocycles. The first-order chi connectivity index (χ1) is 21.4. The van der Waals surface area contributed by atoms with Crippen LogP contribution >= 0.6 is 32.3 Å². The molecule has 10 nitrogen and oxygen atoms in total. The maximum Gasteiger partial charge on any atom is 0.485 e. The molecular formula is C21H43F11O10P4RhS3. The zero-order chi connectivity index (χ0) is 42.3. The van der Waals surface area contributed by atoms with Gasteiger partial charge in [0.2, 0.25) is 0 Å². The first-order valence-corrected chi connectivity index (χ1v) is 25.3. The Bertz CT molecular complexity index is 989. The molecule has 0 N–H and O–H groups in total. The van der Waals surface area contributed by atoms with E-state index in [9.17, 15) is 47.9 Å². The molecule has 0 spiro atoms. The summed E-state index contributed by atoms with van der Waals surface area (Å²) < 4.78 is 198. The molecule has 311 valence electrons. The number of carbonyl (C=O) groups excluding carboxylic acids is 1. The van der Waals surface area contributed by atoms with Gasteiger partial charge in [0.25, 0.3) is 6.79 Å². The van der Waals surface area contributed by atoms with Gasteiger partial charge in [0.05, 0.1) is 37.0 Å². The van der Waals surface area contributed by atoms with Crippen LogP contribution in [0.5, 0.6) is 0 Å². The van der Waals surface area contributed by atoms with E-state index in [4.69, 9.17) is 43.7 Å². The quantitative estimate of drug-likeness (QED) is 0.0658. The molecule has 0 fully saturated rings. The molecule has 0 saturated carbocycles. The summed E-state index contributed by atoms with van der Waals surface area (Å²) in [5.41, 5.74) is -15.7. The number of hydrogen-bond acceptors (Lipinski definition) is 10. The van der Waals surface area contributed by atoms with Crippen molar-refractivity contribution < 1.29 is 111 Å². The number of hydrogen-bond donors (Lipinski definition) is 0. The Balaban J connectivity index is -0.0000000557. The van der Waals surface area contributed by atoms with Crippen LogP contribution in [0.1, 0.15) is 41.5 Å². The zero-order valence-electron chi connectivity index (χ0n) is 28.1. The second-order valence-electron chi connectivity index (χ2n) is 8.05. The van der Waals surface area contributed by atoms with Crippen molar-refractivity contribution in [1.29, 1.82) is 0 Å². The molecule has 0 aromatic rings. The monoisotopic (exact) mass is 987 g/mol. The summed E-state index contributed by atoms with van der Waals surface area (Å²) >= 11 is 0. The van der Waals surface area contributed by atoms with Crippen LogP contribution in [0.3, 0.4) is 0 Å². The van der Waals surface area contributed by atoms with Crippen molar-refractivity contribution in [3.05, 3.63) is 0 Å². The van der Waals surface area contributed by atoms with E-state index in [0.717, 1.165) is 0 Å². The van der Waals surface area contributed by atoms with E-state index in [-0.39, 0.29) is 43.2 Å². The minimum Gasteiger partial charge on any atom is -0.741 e. The summed E-state index contributed by atoms with van der Waals surface area (Å²) in [5.74, 6) is 0. The summed E-state index contributed by atoms with van der Waals surface area (Å²) in [4.78, 5) is 7.50. The summed E-state index contributed by atoms with van der Waals surface area (Å²) in [6, 6.07) is 0. The minimum atomic E-state index is -6.09. The Labute approximate surface area is 306 Å². The van der Waals surface area contributed by atoms with Crippen LogP contribution in [0.4, 0.5) is 47.9 Å². The Hall–Kier alpha value is 0.533. The number of alkyl halides is 9. The van der Waals surface area contributed by atoms with E-state index in [2.05, 4.69) is 74.7 Å². The molecule has 0 aromatic heterocycles. The molecular weight excluding hydrogens is 944 g/mol. The maximum absolute atomic E-state index is 10.7. The molecule has 50 heavy (non-hydrogen) atoms. The predicted octanol–water partition coefficient (Wildman–Crippen LogP) is 7.19. The van der Waals surface area contributed by atoms with Gasteiger partial charge in [0, 0.05) is 39.5 Å². The van der Waals surface area contributed by atoms with Crippen molar-refractivity contribution in [2.45, 2.75) is 58.1 Å². The Morgan fingerprint density at radius 3 is 0.620 bits per heavy atom. The standard InChI is InChI=1S/3C5H13P.C2HF2P.3CHF3O3S.CO.Rh/c3*1-4-6(3)5-2;1-2-5(3)4;3*2-1(3,4)8(5,6)7;1-2;/h3*4-5H2,1-3H3;1H;3*(H,5,6,7);;. The average Bonchev–Trinajstić information content (AvgIpc) is 2.95. The molecule has 0 unspecified atom stereocenters. The van der Waals surface area contributed by atoms with E-state index < -0.39 is 55.4 Å². The van der Waals surface area contributed by atoms with Crippen molar-refractivity contribution in [3.8, 4) is 12.1 Å². The Kier molecular flexibility index (Phi) is 54.4. The molecule has 0 atom stereocenters. The van der Waals surface area contributed by atoms with Crippen LogP contribution < -0.4 is 0 Å². The summed E-state index contributed by atoms with van der Waals surface area (Å²) in [7, 11) is -20.9. The molecule has 0 aliphatic carbocycles. The number of rotatable bonds is 6. The van der Waals surface area contributed by atoms with Crippen LogP contribution in [0.15, 0.2) is 0 Å². The molecule has 0 amide bonds. The van der Waals surface area contributed by atoms with Crippen LogP contribution in [0.25, 0.3) is 0 Å². The number of terminal acetylenes is 1. The van der Waals surface area contributed by atoms with Gasteiger partial charge in [-0.2, -0.15) is 47.9 Å². The third-order valence-corrected chi connectivity index (χ3v) is 13.7. The molecule has 0 aromatic carbocycles. The molecule has 0 rings (SSSR count). The number of halogens is 11. The zero-order valence-corrected chi connectivity index (χ0v) is 36.0. The smallest absolute Gasteiger partial charge is 0.485 e. The molecule has 0 aliphatic rings. The SMILES string of the molecule is C#CP(F)F.CC[PH+](C)CC.CC[PH+](C)CC.CC[PH+](C)CC.O=S(=O)([O-])C(F)(F)F.O=S(=O)([O-])C(F)(F)F.O=S(=O)([O-])C(F)(F)F.[C]=O.[Rh]. The Morgan fingerprint density at radius 2 is 0.620 bits per heavy atom. The largest absolute Gasteiger partial charge is 0.741 e. The van der Waals surface area contributed by atoms with Gasteiger partial charge < -0.3 is 13.7 Å². The minimum absolute atomic E-state index is 0. The van der Waals surface area contributed by atoms with Crippen LogP contribution in [-0.2, 0) is 54.6 Å². The third-order valence-electron chi connectivity index (χ3n) is 4.57. The van der Waals surface area contributed by atoms with E-state index in [1.807, 2.05) is 0 Å². The van der Waals surface area contributed by atoms with Crippen LogP contribution in [0, 0.1) is 12.1 Å². The topological polar surface area (TPSA) is 189 Å². The van der Waals surface area contributed by atoms with Crippen LogP contribution in [0.2, 0.25) is 0 Å². The maximum atomic E-state index is 10.7. The first kappa shape index (κ1) is 71.9. The van der Waals surface area contributed by atoms with Crippen molar-refractivity contribution in [2.24, 2.45) is 0 Å². The van der Waals surface area contributed by atoms with Gasteiger partial charge in [0.15, 0.2) is 30.4 Å². The summed E-state index contributed by atoms with van der Waals surface area (Å²) in [6.45, 7) is 25.3. The van der Waals surface area contributed by atoms with Gasteiger partial charge in [-0.1, -0.05) is 0 Å². The van der Waals surface area contributed by atoms with E-state index in [0.29, 0.717) is 0 Å². The molecule has 0 aliphatic heterocycles. The second-order valence-corrected chi connectivity index (χ2v) is 22.9. The van der Waals surface area contributed by atoms with Gasteiger partial charge in [-0.05, 0) is 71.0 Å². The molecule has 29 heteroatoms.